The zero-order valence-electron chi connectivity index (χ0n) is 11.7. The van der Waals surface area contributed by atoms with Crippen LogP contribution in [0.3, 0.4) is 0 Å². The number of hydrogen-bond acceptors (Lipinski definition) is 3. The first-order valence-corrected chi connectivity index (χ1v) is 7.43. The fraction of sp³-hybridized carbons (Fsp3) is 0.733. The Morgan fingerprint density at radius 2 is 2.21 bits per heavy atom. The van der Waals surface area contributed by atoms with Crippen molar-refractivity contribution in [1.82, 2.24) is 9.47 Å². The number of fused-ring (bicyclic) bond motifs is 1. The van der Waals surface area contributed by atoms with Crippen LogP contribution in [0, 0.1) is 0 Å². The van der Waals surface area contributed by atoms with E-state index in [1.165, 1.54) is 5.69 Å². The molecule has 1 aromatic rings. The molecule has 1 aliphatic heterocycles. The Bertz CT molecular complexity index is 424. The lowest BCUT2D eigenvalue weighted by molar-refractivity contribution is 0.0324. The Balaban J connectivity index is 1.71. The van der Waals surface area contributed by atoms with E-state index in [0.29, 0.717) is 6.04 Å². The van der Waals surface area contributed by atoms with Gasteiger partial charge in [0.1, 0.15) is 0 Å². The van der Waals surface area contributed by atoms with Crippen LogP contribution in [0.5, 0.6) is 0 Å². The van der Waals surface area contributed by atoms with Gasteiger partial charge in [-0.15, -0.1) is 0 Å². The van der Waals surface area contributed by atoms with E-state index in [0.717, 1.165) is 57.7 Å². The van der Waals surface area contributed by atoms with Crippen LogP contribution in [0.15, 0.2) is 12.3 Å². The van der Waals surface area contributed by atoms with E-state index in [1.54, 1.807) is 0 Å². The van der Waals surface area contributed by atoms with Crippen molar-refractivity contribution in [2.75, 3.05) is 32.8 Å². The summed E-state index contributed by atoms with van der Waals surface area (Å²) in [7, 11) is 0. The quantitative estimate of drug-likeness (QED) is 0.904. The second-order valence-electron chi connectivity index (χ2n) is 5.80. The Labute approximate surface area is 115 Å². The lowest BCUT2D eigenvalue weighted by Gasteiger charge is -2.31. The molecule has 0 spiro atoms. The topological polar surface area (TPSA) is 37.6 Å². The molecule has 1 saturated heterocycles. The molecule has 1 aromatic heterocycles. The highest BCUT2D eigenvalue weighted by molar-refractivity contribution is 5.27. The van der Waals surface area contributed by atoms with Gasteiger partial charge >= 0.3 is 0 Å². The third-order valence-electron chi connectivity index (χ3n) is 4.41. The van der Waals surface area contributed by atoms with Gasteiger partial charge in [0.2, 0.25) is 0 Å². The zero-order chi connectivity index (χ0) is 13.2. The number of ether oxygens (including phenoxy) is 1. The second kappa shape index (κ2) is 5.65. The summed E-state index contributed by atoms with van der Waals surface area (Å²) in [6.07, 6.45) is 5.02. The van der Waals surface area contributed by atoms with E-state index in [-0.39, 0.29) is 6.10 Å². The summed E-state index contributed by atoms with van der Waals surface area (Å²) in [5.74, 6) is 0. The Morgan fingerprint density at radius 3 is 3.00 bits per heavy atom. The third kappa shape index (κ3) is 2.71. The molecule has 0 amide bonds. The molecule has 3 rings (SSSR count). The summed E-state index contributed by atoms with van der Waals surface area (Å²) in [5, 5.41) is 10.0. The van der Waals surface area contributed by atoms with Crippen LogP contribution in [0.2, 0.25) is 0 Å². The van der Waals surface area contributed by atoms with Crippen molar-refractivity contribution in [3.05, 3.63) is 23.5 Å². The smallest absolute Gasteiger partial charge is 0.0807 e. The van der Waals surface area contributed by atoms with Gasteiger partial charge < -0.3 is 14.4 Å². The third-order valence-corrected chi connectivity index (χ3v) is 4.41. The van der Waals surface area contributed by atoms with Crippen molar-refractivity contribution < 1.29 is 9.84 Å². The molecule has 0 bridgehead atoms. The summed E-state index contributed by atoms with van der Waals surface area (Å²) in [6.45, 7) is 7.13. The van der Waals surface area contributed by atoms with Gasteiger partial charge in [-0.3, -0.25) is 4.90 Å². The van der Waals surface area contributed by atoms with Crippen LogP contribution < -0.4 is 0 Å². The highest BCUT2D eigenvalue weighted by Crippen LogP contribution is 2.32. The van der Waals surface area contributed by atoms with Gasteiger partial charge in [0.15, 0.2) is 0 Å². The Kier molecular flexibility index (Phi) is 3.91. The first-order valence-electron chi connectivity index (χ1n) is 7.43. The number of hydrogen-bond donors (Lipinski definition) is 1. The molecule has 4 heteroatoms. The molecule has 1 fully saturated rings. The number of aliphatic hydroxyl groups excluding tert-OH is 1. The first kappa shape index (κ1) is 13.2. The van der Waals surface area contributed by atoms with Crippen molar-refractivity contribution in [3.63, 3.8) is 0 Å². The number of nitrogens with zero attached hydrogens (tertiary/aromatic N) is 2. The molecule has 0 radical (unpaired) electrons. The zero-order valence-corrected chi connectivity index (χ0v) is 11.7. The van der Waals surface area contributed by atoms with Gasteiger partial charge in [0, 0.05) is 43.1 Å². The van der Waals surface area contributed by atoms with Gasteiger partial charge in [-0.25, -0.2) is 0 Å². The molecule has 2 unspecified atom stereocenters. The summed E-state index contributed by atoms with van der Waals surface area (Å²) in [6, 6.07) is 2.57. The first-order chi connectivity index (χ1) is 9.25. The number of rotatable bonds is 3. The number of aromatic nitrogens is 1. The standard InChI is InChI=1S/C15H24N2O2/c1-12(11-16-7-9-19-10-8-16)17-6-5-13-14(17)3-2-4-15(13)18/h5-6,12,15,18H,2-4,7-11H2,1H3. The SMILES string of the molecule is CC(CN1CCOCC1)n1ccc2c1CCCC2O. The lowest BCUT2D eigenvalue weighted by atomic mass is 9.95. The number of morpholine rings is 1. The van der Waals surface area contributed by atoms with Crippen LogP contribution in [-0.4, -0.2) is 47.4 Å². The molecule has 1 N–H and O–H groups in total. The highest BCUT2D eigenvalue weighted by atomic mass is 16.5. The van der Waals surface area contributed by atoms with Crippen molar-refractivity contribution in [1.29, 1.82) is 0 Å². The predicted octanol–water partition coefficient (Wildman–Crippen LogP) is 1.75. The monoisotopic (exact) mass is 264 g/mol. The normalized spacial score (nSPS) is 26.1. The van der Waals surface area contributed by atoms with E-state index < -0.39 is 0 Å². The van der Waals surface area contributed by atoms with E-state index >= 15 is 0 Å². The van der Waals surface area contributed by atoms with Crippen LogP contribution in [0.25, 0.3) is 0 Å². The van der Waals surface area contributed by atoms with Gasteiger partial charge in [0.05, 0.1) is 19.3 Å². The minimum absolute atomic E-state index is 0.249. The second-order valence-corrected chi connectivity index (χ2v) is 5.80. The van der Waals surface area contributed by atoms with Crippen molar-refractivity contribution in [2.45, 2.75) is 38.3 Å². The molecule has 2 atom stereocenters. The van der Waals surface area contributed by atoms with Crippen molar-refractivity contribution >= 4 is 0 Å². The van der Waals surface area contributed by atoms with E-state index in [2.05, 4.69) is 28.7 Å². The maximum atomic E-state index is 10.0. The fourth-order valence-corrected chi connectivity index (χ4v) is 3.35. The molecule has 1 aliphatic carbocycles. The highest BCUT2D eigenvalue weighted by Gasteiger charge is 2.23. The summed E-state index contributed by atoms with van der Waals surface area (Å²) >= 11 is 0. The maximum absolute atomic E-state index is 10.0. The van der Waals surface area contributed by atoms with Crippen LogP contribution in [-0.2, 0) is 11.2 Å². The fourth-order valence-electron chi connectivity index (χ4n) is 3.35. The van der Waals surface area contributed by atoms with Gasteiger partial charge in [0.25, 0.3) is 0 Å². The average Bonchev–Trinajstić information content (AvgIpc) is 2.85. The van der Waals surface area contributed by atoms with E-state index in [1.807, 2.05) is 0 Å². The number of aliphatic hydroxyl groups is 1. The molecular formula is C15H24N2O2. The van der Waals surface area contributed by atoms with Gasteiger partial charge in [-0.2, -0.15) is 0 Å². The van der Waals surface area contributed by atoms with Crippen LogP contribution in [0.4, 0.5) is 0 Å². The summed E-state index contributed by atoms with van der Waals surface area (Å²) in [4.78, 5) is 2.47. The van der Waals surface area contributed by atoms with Gasteiger partial charge in [-0.05, 0) is 32.3 Å². The molecule has 2 aliphatic rings. The van der Waals surface area contributed by atoms with Gasteiger partial charge in [-0.1, -0.05) is 0 Å². The van der Waals surface area contributed by atoms with Crippen LogP contribution >= 0.6 is 0 Å². The lowest BCUT2D eigenvalue weighted by Crippen LogP contribution is -2.39. The molecule has 0 aromatic carbocycles. The summed E-state index contributed by atoms with van der Waals surface area (Å²) < 4.78 is 7.76. The Hall–Kier alpha value is -0.840. The molecule has 106 valence electrons. The predicted molar refractivity (Wildman–Crippen MR) is 74.3 cm³/mol. The Morgan fingerprint density at radius 1 is 1.42 bits per heavy atom. The average molecular weight is 264 g/mol. The van der Waals surface area contributed by atoms with E-state index in [9.17, 15) is 5.11 Å². The minimum Gasteiger partial charge on any atom is -0.388 e. The molecule has 0 saturated carbocycles. The van der Waals surface area contributed by atoms with E-state index in [4.69, 9.17) is 4.74 Å². The van der Waals surface area contributed by atoms with Crippen LogP contribution in [0.1, 0.15) is 43.2 Å². The minimum atomic E-state index is -0.249. The largest absolute Gasteiger partial charge is 0.388 e. The molecular weight excluding hydrogens is 240 g/mol. The maximum Gasteiger partial charge on any atom is 0.0807 e. The molecule has 2 heterocycles. The molecule has 4 nitrogen and oxygen atoms in total. The van der Waals surface area contributed by atoms with Crippen molar-refractivity contribution in [2.24, 2.45) is 0 Å². The summed E-state index contributed by atoms with van der Waals surface area (Å²) in [5.41, 5.74) is 2.50. The van der Waals surface area contributed by atoms with Crippen molar-refractivity contribution in [3.8, 4) is 0 Å². The molecule has 19 heavy (non-hydrogen) atoms.